The number of rotatable bonds is 7. The van der Waals surface area contributed by atoms with Crippen molar-refractivity contribution in [1.82, 2.24) is 5.32 Å². The smallest absolute Gasteiger partial charge is 0.272 e. The first-order valence-corrected chi connectivity index (χ1v) is 6.58. The van der Waals surface area contributed by atoms with E-state index in [2.05, 4.69) is 26.1 Å². The Balaban J connectivity index is 2.93. The average molecular weight is 250 g/mol. The summed E-state index contributed by atoms with van der Waals surface area (Å²) in [5.41, 5.74) is 1.04. The lowest BCUT2D eigenvalue weighted by Gasteiger charge is -2.24. The summed E-state index contributed by atoms with van der Waals surface area (Å²) in [7, 11) is 0. The van der Waals surface area contributed by atoms with Gasteiger partial charge in [-0.15, -0.1) is 0 Å². The second kappa shape index (κ2) is 7.11. The number of hydrogen-bond donors (Lipinski definition) is 1. The third-order valence-electron chi connectivity index (χ3n) is 3.32. The largest absolute Gasteiger partial charge is 0.313 e. The minimum absolute atomic E-state index is 0.142. The zero-order valence-electron chi connectivity index (χ0n) is 11.3. The fraction of sp³-hybridized carbons (Fsp3) is 0.571. The lowest BCUT2D eigenvalue weighted by molar-refractivity contribution is -0.385. The van der Waals surface area contributed by atoms with E-state index in [1.807, 2.05) is 12.1 Å². The molecule has 2 atom stereocenters. The van der Waals surface area contributed by atoms with E-state index in [0.717, 1.165) is 24.9 Å². The first-order chi connectivity index (χ1) is 8.61. The standard InChI is InChI=1S/C14H22N2O2/c1-4-10-15-13(5-2)11(3)12-8-6-7-9-14(12)16(17)18/h6-9,11,13,15H,4-5,10H2,1-3H3. The van der Waals surface area contributed by atoms with Crippen molar-refractivity contribution < 1.29 is 4.92 Å². The maximum Gasteiger partial charge on any atom is 0.272 e. The molecule has 1 N–H and O–H groups in total. The van der Waals surface area contributed by atoms with Crippen LogP contribution in [0.5, 0.6) is 0 Å². The molecule has 0 aliphatic carbocycles. The topological polar surface area (TPSA) is 55.2 Å². The molecular formula is C14H22N2O2. The lowest BCUT2D eigenvalue weighted by Crippen LogP contribution is -2.34. The SMILES string of the molecule is CCCNC(CC)C(C)c1ccccc1[N+](=O)[O-]. The Bertz CT molecular complexity index is 393. The molecule has 0 spiro atoms. The molecule has 2 unspecified atom stereocenters. The maximum absolute atomic E-state index is 11.0. The van der Waals surface area contributed by atoms with Gasteiger partial charge in [0.1, 0.15) is 0 Å². The Morgan fingerprint density at radius 2 is 2.00 bits per heavy atom. The summed E-state index contributed by atoms with van der Waals surface area (Å²) in [6.45, 7) is 7.23. The zero-order valence-corrected chi connectivity index (χ0v) is 11.3. The average Bonchev–Trinajstić information content (AvgIpc) is 2.39. The summed E-state index contributed by atoms with van der Waals surface area (Å²) in [6.07, 6.45) is 2.04. The van der Waals surface area contributed by atoms with Gasteiger partial charge in [-0.3, -0.25) is 10.1 Å². The maximum atomic E-state index is 11.0. The van der Waals surface area contributed by atoms with E-state index in [-0.39, 0.29) is 22.6 Å². The summed E-state index contributed by atoms with van der Waals surface area (Å²) < 4.78 is 0. The van der Waals surface area contributed by atoms with E-state index in [4.69, 9.17) is 0 Å². The summed E-state index contributed by atoms with van der Waals surface area (Å²) >= 11 is 0. The van der Waals surface area contributed by atoms with Gasteiger partial charge in [-0.1, -0.05) is 39.0 Å². The monoisotopic (exact) mass is 250 g/mol. The summed E-state index contributed by atoms with van der Waals surface area (Å²) in [5.74, 6) is 0.142. The highest BCUT2D eigenvalue weighted by atomic mass is 16.6. The number of nitrogens with one attached hydrogen (secondary N) is 1. The van der Waals surface area contributed by atoms with Crippen LogP contribution in [0.15, 0.2) is 24.3 Å². The molecule has 0 amide bonds. The fourth-order valence-electron chi connectivity index (χ4n) is 2.26. The first kappa shape index (κ1) is 14.6. The summed E-state index contributed by atoms with van der Waals surface area (Å²) in [4.78, 5) is 10.7. The van der Waals surface area contributed by atoms with Crippen molar-refractivity contribution in [3.05, 3.63) is 39.9 Å². The van der Waals surface area contributed by atoms with Crippen LogP contribution < -0.4 is 5.32 Å². The molecule has 1 aromatic carbocycles. The quantitative estimate of drug-likeness (QED) is 0.595. The Kier molecular flexibility index (Phi) is 5.78. The Morgan fingerprint density at radius 1 is 1.33 bits per heavy atom. The highest BCUT2D eigenvalue weighted by Crippen LogP contribution is 2.29. The number of nitrogens with zero attached hydrogens (tertiary/aromatic N) is 1. The predicted octanol–water partition coefficient (Wildman–Crippen LogP) is 3.48. The summed E-state index contributed by atoms with van der Waals surface area (Å²) in [6, 6.07) is 7.31. The van der Waals surface area contributed by atoms with E-state index < -0.39 is 0 Å². The normalized spacial score (nSPS) is 14.2. The van der Waals surface area contributed by atoms with Gasteiger partial charge in [0.2, 0.25) is 0 Å². The van der Waals surface area contributed by atoms with Crippen molar-refractivity contribution in [2.45, 2.75) is 45.6 Å². The van der Waals surface area contributed by atoms with Gasteiger partial charge in [0.25, 0.3) is 5.69 Å². The molecule has 0 heterocycles. The van der Waals surface area contributed by atoms with Crippen LogP contribution in [-0.2, 0) is 0 Å². The highest BCUT2D eigenvalue weighted by molar-refractivity contribution is 5.42. The Hall–Kier alpha value is -1.42. The van der Waals surface area contributed by atoms with Crippen molar-refractivity contribution in [1.29, 1.82) is 0 Å². The number of benzene rings is 1. The minimum Gasteiger partial charge on any atom is -0.313 e. The molecule has 0 aliphatic rings. The molecule has 0 bridgehead atoms. The molecule has 4 heteroatoms. The van der Waals surface area contributed by atoms with E-state index >= 15 is 0 Å². The molecule has 0 saturated heterocycles. The number of hydrogen-bond acceptors (Lipinski definition) is 3. The third kappa shape index (κ3) is 3.53. The lowest BCUT2D eigenvalue weighted by atomic mass is 9.90. The molecule has 0 aliphatic heterocycles. The van der Waals surface area contributed by atoms with Crippen LogP contribution in [0, 0.1) is 10.1 Å². The molecular weight excluding hydrogens is 228 g/mol. The van der Waals surface area contributed by atoms with Gasteiger partial charge >= 0.3 is 0 Å². The first-order valence-electron chi connectivity index (χ1n) is 6.58. The Morgan fingerprint density at radius 3 is 2.56 bits per heavy atom. The fourth-order valence-corrected chi connectivity index (χ4v) is 2.26. The van der Waals surface area contributed by atoms with Crippen LogP contribution in [0.1, 0.15) is 45.1 Å². The van der Waals surface area contributed by atoms with Crippen molar-refractivity contribution in [3.63, 3.8) is 0 Å². The van der Waals surface area contributed by atoms with E-state index in [1.165, 1.54) is 0 Å². The van der Waals surface area contributed by atoms with Crippen LogP contribution >= 0.6 is 0 Å². The van der Waals surface area contributed by atoms with Gasteiger partial charge in [-0.2, -0.15) is 0 Å². The van der Waals surface area contributed by atoms with E-state index in [0.29, 0.717) is 0 Å². The number of para-hydroxylation sites is 1. The number of nitro groups is 1. The molecule has 1 rings (SSSR count). The van der Waals surface area contributed by atoms with E-state index in [9.17, 15) is 10.1 Å². The van der Waals surface area contributed by atoms with Gasteiger partial charge in [0.15, 0.2) is 0 Å². The van der Waals surface area contributed by atoms with Crippen LogP contribution in [0.4, 0.5) is 5.69 Å². The summed E-state index contributed by atoms with van der Waals surface area (Å²) in [5, 5.41) is 14.5. The Labute approximate surface area is 109 Å². The van der Waals surface area contributed by atoms with Crippen LogP contribution in [0.25, 0.3) is 0 Å². The molecule has 100 valence electrons. The van der Waals surface area contributed by atoms with Gasteiger partial charge in [0, 0.05) is 23.6 Å². The van der Waals surface area contributed by atoms with Gasteiger partial charge in [-0.25, -0.2) is 0 Å². The molecule has 0 radical (unpaired) electrons. The van der Waals surface area contributed by atoms with Crippen LogP contribution in [-0.4, -0.2) is 17.5 Å². The molecule has 0 fully saturated rings. The predicted molar refractivity (Wildman–Crippen MR) is 73.9 cm³/mol. The molecule has 0 aromatic heterocycles. The van der Waals surface area contributed by atoms with Crippen LogP contribution in [0.2, 0.25) is 0 Å². The van der Waals surface area contributed by atoms with Crippen LogP contribution in [0.3, 0.4) is 0 Å². The van der Waals surface area contributed by atoms with E-state index in [1.54, 1.807) is 12.1 Å². The van der Waals surface area contributed by atoms with Crippen molar-refractivity contribution in [2.24, 2.45) is 0 Å². The molecule has 0 saturated carbocycles. The third-order valence-corrected chi connectivity index (χ3v) is 3.32. The van der Waals surface area contributed by atoms with Gasteiger partial charge in [-0.05, 0) is 19.4 Å². The molecule has 4 nitrogen and oxygen atoms in total. The zero-order chi connectivity index (χ0) is 13.5. The second-order valence-corrected chi connectivity index (χ2v) is 4.57. The van der Waals surface area contributed by atoms with Gasteiger partial charge in [0.05, 0.1) is 4.92 Å². The van der Waals surface area contributed by atoms with Gasteiger partial charge < -0.3 is 5.32 Å². The minimum atomic E-state index is -0.293. The highest BCUT2D eigenvalue weighted by Gasteiger charge is 2.23. The molecule has 1 aromatic rings. The second-order valence-electron chi connectivity index (χ2n) is 4.57. The number of nitro benzene ring substituents is 1. The molecule has 18 heavy (non-hydrogen) atoms. The van der Waals surface area contributed by atoms with Crippen molar-refractivity contribution in [2.75, 3.05) is 6.54 Å². The van der Waals surface area contributed by atoms with Crippen molar-refractivity contribution in [3.8, 4) is 0 Å². The van der Waals surface area contributed by atoms with Crippen molar-refractivity contribution >= 4 is 5.69 Å².